The second-order valence-corrected chi connectivity index (χ2v) is 8.59. The van der Waals surface area contributed by atoms with Crippen LogP contribution < -0.4 is 15.5 Å². The van der Waals surface area contributed by atoms with Gasteiger partial charge in [0.05, 0.1) is 0 Å². The van der Waals surface area contributed by atoms with Crippen LogP contribution in [0.15, 0.2) is 36.4 Å². The van der Waals surface area contributed by atoms with Crippen LogP contribution in [0.4, 0.5) is 14.5 Å². The van der Waals surface area contributed by atoms with Crippen LogP contribution in [-0.4, -0.2) is 38.2 Å². The molecule has 7 heteroatoms. The second kappa shape index (κ2) is 7.50. The van der Waals surface area contributed by atoms with Crippen molar-refractivity contribution in [1.29, 1.82) is 0 Å². The van der Waals surface area contributed by atoms with Gasteiger partial charge in [-0.05, 0) is 48.3 Å². The van der Waals surface area contributed by atoms with Gasteiger partial charge >= 0.3 is 0 Å². The lowest BCUT2D eigenvalue weighted by Crippen LogP contribution is -2.38. The molecule has 1 unspecified atom stereocenters. The molecule has 1 fully saturated rings. The fraction of sp³-hybridized carbons (Fsp3) is 0.263. The smallest absolute Gasteiger partial charge is 0.249 e. The number of nitrogens with zero attached hydrogens (tertiary/aromatic N) is 1. The van der Waals surface area contributed by atoms with Crippen molar-refractivity contribution in [3.63, 3.8) is 0 Å². The van der Waals surface area contributed by atoms with Crippen LogP contribution in [0.3, 0.4) is 0 Å². The number of halogens is 2. The molecule has 2 aromatic rings. The Labute approximate surface area is 152 Å². The SMILES string of the molecule is CP(C)c1ccccc1-c1cc(F)c(N2CCC(NC=O)C2=O)c(F)c1. The molecular weight excluding hydrogens is 357 g/mol. The number of hydrogen-bond donors (Lipinski definition) is 1. The zero-order valence-corrected chi connectivity index (χ0v) is 15.4. The molecule has 1 aliphatic heterocycles. The van der Waals surface area contributed by atoms with Gasteiger partial charge < -0.3 is 10.2 Å². The summed E-state index contributed by atoms with van der Waals surface area (Å²) >= 11 is 0. The maximum absolute atomic E-state index is 14.7. The second-order valence-electron chi connectivity index (χ2n) is 6.32. The predicted molar refractivity (Wildman–Crippen MR) is 100 cm³/mol. The summed E-state index contributed by atoms with van der Waals surface area (Å²) in [5.74, 6) is -2.08. The lowest BCUT2D eigenvalue weighted by atomic mass is 10.0. The highest BCUT2D eigenvalue weighted by molar-refractivity contribution is 7.64. The van der Waals surface area contributed by atoms with E-state index in [2.05, 4.69) is 18.6 Å². The van der Waals surface area contributed by atoms with Crippen LogP contribution in [0.5, 0.6) is 0 Å². The third kappa shape index (κ3) is 3.34. The number of amides is 2. The summed E-state index contributed by atoms with van der Waals surface area (Å²) in [6, 6.07) is 9.34. The Hall–Kier alpha value is -2.33. The molecule has 0 saturated carbocycles. The molecule has 3 rings (SSSR count). The minimum atomic E-state index is -0.786. The summed E-state index contributed by atoms with van der Waals surface area (Å²) in [6.07, 6.45) is 0.740. The predicted octanol–water partition coefficient (Wildman–Crippen LogP) is 2.85. The zero-order valence-electron chi connectivity index (χ0n) is 14.5. The van der Waals surface area contributed by atoms with Crippen molar-refractivity contribution in [3.8, 4) is 11.1 Å². The van der Waals surface area contributed by atoms with Crippen molar-refractivity contribution in [2.24, 2.45) is 0 Å². The van der Waals surface area contributed by atoms with Crippen molar-refractivity contribution < 1.29 is 18.4 Å². The summed E-state index contributed by atoms with van der Waals surface area (Å²) in [5, 5.41) is 3.43. The molecule has 1 atom stereocenters. The van der Waals surface area contributed by atoms with E-state index in [1.807, 2.05) is 24.3 Å². The lowest BCUT2D eigenvalue weighted by Gasteiger charge is -2.20. The van der Waals surface area contributed by atoms with E-state index in [0.29, 0.717) is 18.4 Å². The Morgan fingerprint density at radius 2 is 1.85 bits per heavy atom. The highest BCUT2D eigenvalue weighted by Gasteiger charge is 2.35. The van der Waals surface area contributed by atoms with Crippen LogP contribution in [0.2, 0.25) is 0 Å². The molecule has 1 N–H and O–H groups in total. The standard InChI is InChI=1S/C19H19F2N2O2P/c1-26(2)17-6-4-3-5-13(17)12-9-14(20)18(15(21)10-12)23-8-7-16(19(23)25)22-11-24/h3-6,9-11,16H,7-8H2,1-2H3,(H,22,24). The quantitative estimate of drug-likeness (QED) is 0.645. The fourth-order valence-corrected chi connectivity index (χ4v) is 4.29. The van der Waals surface area contributed by atoms with Crippen molar-refractivity contribution in [2.75, 3.05) is 24.8 Å². The van der Waals surface area contributed by atoms with Gasteiger partial charge in [-0.1, -0.05) is 32.2 Å². The maximum Gasteiger partial charge on any atom is 0.249 e. The molecule has 1 aliphatic rings. The first-order valence-corrected chi connectivity index (χ1v) is 10.4. The van der Waals surface area contributed by atoms with E-state index in [1.54, 1.807) is 0 Å². The summed E-state index contributed by atoms with van der Waals surface area (Å²) < 4.78 is 29.5. The molecule has 2 aromatic carbocycles. The van der Waals surface area contributed by atoms with Gasteiger partial charge in [-0.2, -0.15) is 0 Å². The summed E-state index contributed by atoms with van der Waals surface area (Å²) in [7, 11) is -0.444. The minimum Gasteiger partial charge on any atom is -0.347 e. The normalized spacial score (nSPS) is 17.0. The molecule has 0 aliphatic carbocycles. The van der Waals surface area contributed by atoms with E-state index >= 15 is 0 Å². The molecule has 0 spiro atoms. The van der Waals surface area contributed by atoms with Gasteiger partial charge in [0.1, 0.15) is 11.7 Å². The van der Waals surface area contributed by atoms with Crippen molar-refractivity contribution >= 4 is 31.2 Å². The number of anilines is 1. The van der Waals surface area contributed by atoms with Crippen molar-refractivity contribution in [2.45, 2.75) is 12.5 Å². The van der Waals surface area contributed by atoms with Gasteiger partial charge in [0.2, 0.25) is 12.3 Å². The number of hydrogen-bond acceptors (Lipinski definition) is 2. The number of rotatable bonds is 5. The summed E-state index contributed by atoms with van der Waals surface area (Å²) in [4.78, 5) is 23.9. The van der Waals surface area contributed by atoms with E-state index < -0.39 is 31.5 Å². The molecule has 1 heterocycles. The van der Waals surface area contributed by atoms with Gasteiger partial charge in [0.25, 0.3) is 0 Å². The maximum atomic E-state index is 14.7. The van der Waals surface area contributed by atoms with Crippen molar-refractivity contribution in [3.05, 3.63) is 48.0 Å². The molecule has 2 amide bonds. The average Bonchev–Trinajstić information content (AvgIpc) is 2.95. The van der Waals surface area contributed by atoms with Crippen LogP contribution in [0, 0.1) is 11.6 Å². The zero-order chi connectivity index (χ0) is 18.8. The van der Waals surface area contributed by atoms with Crippen molar-refractivity contribution in [1.82, 2.24) is 5.32 Å². The first-order chi connectivity index (χ1) is 12.4. The molecule has 0 aromatic heterocycles. The van der Waals surface area contributed by atoms with E-state index in [-0.39, 0.29) is 12.2 Å². The summed E-state index contributed by atoms with van der Waals surface area (Å²) in [5.41, 5.74) is 0.882. The monoisotopic (exact) mass is 376 g/mol. The Morgan fingerprint density at radius 1 is 1.19 bits per heavy atom. The van der Waals surface area contributed by atoms with Crippen LogP contribution in [0.25, 0.3) is 11.1 Å². The summed E-state index contributed by atoms with van der Waals surface area (Å²) in [6.45, 7) is 4.32. The number of nitrogens with one attached hydrogen (secondary N) is 1. The number of carbonyl (C=O) groups is 2. The van der Waals surface area contributed by atoms with E-state index in [0.717, 1.165) is 15.8 Å². The first-order valence-electron chi connectivity index (χ1n) is 8.21. The third-order valence-corrected chi connectivity index (χ3v) is 5.81. The minimum absolute atomic E-state index is 0.156. The van der Waals surface area contributed by atoms with Crippen LogP contribution in [-0.2, 0) is 9.59 Å². The Bertz CT molecular complexity index is 834. The molecule has 0 radical (unpaired) electrons. The largest absolute Gasteiger partial charge is 0.347 e. The van der Waals surface area contributed by atoms with Gasteiger partial charge in [0, 0.05) is 6.54 Å². The molecule has 1 saturated heterocycles. The molecule has 0 bridgehead atoms. The van der Waals surface area contributed by atoms with E-state index in [1.165, 1.54) is 12.1 Å². The Kier molecular flexibility index (Phi) is 5.33. The van der Waals surface area contributed by atoms with Gasteiger partial charge in [-0.25, -0.2) is 8.78 Å². The Morgan fingerprint density at radius 3 is 2.46 bits per heavy atom. The molecule has 4 nitrogen and oxygen atoms in total. The van der Waals surface area contributed by atoms with E-state index in [9.17, 15) is 18.4 Å². The lowest BCUT2D eigenvalue weighted by molar-refractivity contribution is -0.121. The fourth-order valence-electron chi connectivity index (χ4n) is 3.23. The topological polar surface area (TPSA) is 49.4 Å². The third-order valence-electron chi connectivity index (χ3n) is 4.46. The molecular formula is C19H19F2N2O2P. The highest BCUT2D eigenvalue weighted by Crippen LogP contribution is 2.35. The molecule has 136 valence electrons. The Balaban J connectivity index is 2.01. The number of benzene rings is 2. The van der Waals surface area contributed by atoms with Crippen LogP contribution >= 0.6 is 7.92 Å². The van der Waals surface area contributed by atoms with Gasteiger partial charge in [-0.3, -0.25) is 9.59 Å². The van der Waals surface area contributed by atoms with E-state index in [4.69, 9.17) is 0 Å². The van der Waals surface area contributed by atoms with Gasteiger partial charge in [0.15, 0.2) is 11.6 Å². The number of carbonyl (C=O) groups excluding carboxylic acids is 2. The highest BCUT2D eigenvalue weighted by atomic mass is 31.1. The molecule has 26 heavy (non-hydrogen) atoms. The average molecular weight is 376 g/mol. The van der Waals surface area contributed by atoms with Crippen LogP contribution in [0.1, 0.15) is 6.42 Å². The van der Waals surface area contributed by atoms with Gasteiger partial charge in [-0.15, -0.1) is 0 Å². The first kappa shape index (κ1) is 18.5.